The highest BCUT2D eigenvalue weighted by atomic mass is 19.1. The first-order valence-corrected chi connectivity index (χ1v) is 7.75. The van der Waals surface area contributed by atoms with Gasteiger partial charge in [0.15, 0.2) is 0 Å². The van der Waals surface area contributed by atoms with Crippen molar-refractivity contribution in [1.82, 2.24) is 10.2 Å². The zero-order valence-electron chi connectivity index (χ0n) is 13.8. The van der Waals surface area contributed by atoms with Crippen LogP contribution in [0.4, 0.5) is 4.39 Å². The lowest BCUT2D eigenvalue weighted by molar-refractivity contribution is 0.362. The highest BCUT2D eigenvalue weighted by Gasteiger charge is 2.01. The quantitative estimate of drug-likeness (QED) is 0.786. The maximum Gasteiger partial charge on any atom is 0.264 e. The fourth-order valence-corrected chi connectivity index (χ4v) is 2.04. The molecule has 1 N–H and O–H groups in total. The molecule has 0 aliphatic carbocycles. The number of benzene rings is 1. The van der Waals surface area contributed by atoms with Gasteiger partial charge in [0, 0.05) is 12.5 Å². The van der Waals surface area contributed by atoms with Crippen molar-refractivity contribution < 1.29 is 9.13 Å². The summed E-state index contributed by atoms with van der Waals surface area (Å²) < 4.78 is 18.7. The average Bonchev–Trinajstić information content (AvgIpc) is 2.61. The van der Waals surface area contributed by atoms with E-state index in [1.165, 1.54) is 19.1 Å². The largest absolute Gasteiger partial charge is 0.489 e. The van der Waals surface area contributed by atoms with Crippen LogP contribution in [0.5, 0.6) is 5.75 Å². The van der Waals surface area contributed by atoms with Gasteiger partial charge in [-0.05, 0) is 42.8 Å². The summed E-state index contributed by atoms with van der Waals surface area (Å²) in [7, 11) is 0. The summed E-state index contributed by atoms with van der Waals surface area (Å²) in [5.74, 6) is 0.583. The zero-order valence-corrected chi connectivity index (χ0v) is 13.8. The van der Waals surface area contributed by atoms with Crippen molar-refractivity contribution in [3.63, 3.8) is 0 Å². The summed E-state index contributed by atoms with van der Waals surface area (Å²) in [5.41, 5.74) is 1.71. The third-order valence-electron chi connectivity index (χ3n) is 3.26. The van der Waals surface area contributed by atoms with E-state index in [1.54, 1.807) is 36.4 Å². The monoisotopic (exact) mass is 339 g/mol. The first kappa shape index (κ1) is 18.1. The van der Waals surface area contributed by atoms with Crippen LogP contribution in [-0.4, -0.2) is 23.0 Å². The maximum absolute atomic E-state index is 13.1. The predicted molar refractivity (Wildman–Crippen MR) is 93.0 cm³/mol. The zero-order chi connectivity index (χ0) is 18.1. The lowest BCUT2D eigenvalue weighted by Gasteiger charge is -2.06. The van der Waals surface area contributed by atoms with Crippen molar-refractivity contribution in [2.45, 2.75) is 19.5 Å². The number of ether oxygens (including phenoxy) is 1. The third-order valence-corrected chi connectivity index (χ3v) is 3.26. The molecule has 5 nitrogen and oxygen atoms in total. The molecule has 0 aliphatic heterocycles. The molecule has 1 heterocycles. The van der Waals surface area contributed by atoms with Crippen molar-refractivity contribution in [3.05, 3.63) is 81.8 Å². The van der Waals surface area contributed by atoms with E-state index in [4.69, 9.17) is 10.00 Å². The van der Waals surface area contributed by atoms with Crippen LogP contribution < -0.4 is 10.3 Å². The van der Waals surface area contributed by atoms with Gasteiger partial charge in [0.1, 0.15) is 18.5 Å². The van der Waals surface area contributed by atoms with E-state index in [9.17, 15) is 9.18 Å². The second kappa shape index (κ2) is 9.18. The number of H-pyrrole nitrogens is 1. The van der Waals surface area contributed by atoms with Gasteiger partial charge in [0.2, 0.25) is 0 Å². The van der Waals surface area contributed by atoms with Gasteiger partial charge in [0.05, 0.1) is 17.3 Å². The topological polar surface area (TPSA) is 78.8 Å². The fraction of sp³-hybridized carbons (Fsp3) is 0.211. The van der Waals surface area contributed by atoms with Crippen molar-refractivity contribution in [2.24, 2.45) is 0 Å². The molecule has 0 fully saturated rings. The molecule has 0 saturated heterocycles. The normalized spacial score (nSPS) is 12.8. The second-order valence-corrected chi connectivity index (χ2v) is 5.36. The van der Waals surface area contributed by atoms with Crippen LogP contribution in [0.25, 0.3) is 0 Å². The van der Waals surface area contributed by atoms with E-state index in [-0.39, 0.29) is 12.2 Å². The number of hydrogen-bond acceptors (Lipinski definition) is 4. The molecule has 1 unspecified atom stereocenters. The van der Waals surface area contributed by atoms with Gasteiger partial charge in [-0.3, -0.25) is 4.79 Å². The molecule has 1 aromatic heterocycles. The molecule has 2 rings (SSSR count). The van der Waals surface area contributed by atoms with Crippen LogP contribution in [0.2, 0.25) is 0 Å². The predicted octanol–water partition coefficient (Wildman–Crippen LogP) is 3.10. The molecular formula is C19H18FN3O2. The Morgan fingerprint density at radius 3 is 2.96 bits per heavy atom. The first-order chi connectivity index (χ1) is 12.1. The molecule has 2 aromatic rings. The van der Waals surface area contributed by atoms with Crippen LogP contribution in [-0.2, 0) is 6.42 Å². The molecular weight excluding hydrogens is 321 g/mol. The SMILES string of the molecule is CC(F)/C=C\C(=C/COc1cccc(C#N)c1)Cc1ccc(=O)[nH]n1. The van der Waals surface area contributed by atoms with Crippen molar-refractivity contribution in [1.29, 1.82) is 5.26 Å². The minimum atomic E-state index is -1.07. The van der Waals surface area contributed by atoms with Crippen LogP contribution in [0.3, 0.4) is 0 Å². The molecule has 0 aliphatic rings. The number of aromatic amines is 1. The minimum Gasteiger partial charge on any atom is -0.489 e. The molecule has 25 heavy (non-hydrogen) atoms. The second-order valence-electron chi connectivity index (χ2n) is 5.36. The van der Waals surface area contributed by atoms with Gasteiger partial charge in [-0.2, -0.15) is 10.4 Å². The van der Waals surface area contributed by atoms with Crippen molar-refractivity contribution in [2.75, 3.05) is 6.61 Å². The van der Waals surface area contributed by atoms with Gasteiger partial charge in [-0.15, -0.1) is 0 Å². The molecule has 0 amide bonds. The summed E-state index contributed by atoms with van der Waals surface area (Å²) in [5, 5.41) is 15.2. The molecule has 1 atom stereocenters. The molecule has 128 valence electrons. The van der Waals surface area contributed by atoms with Gasteiger partial charge in [-0.1, -0.05) is 18.2 Å². The molecule has 0 radical (unpaired) electrons. The van der Waals surface area contributed by atoms with E-state index >= 15 is 0 Å². The van der Waals surface area contributed by atoms with Crippen LogP contribution in [0.1, 0.15) is 18.2 Å². The van der Waals surface area contributed by atoms with E-state index in [2.05, 4.69) is 16.3 Å². The van der Waals surface area contributed by atoms with Crippen molar-refractivity contribution >= 4 is 0 Å². The Morgan fingerprint density at radius 2 is 2.28 bits per heavy atom. The molecule has 1 aromatic carbocycles. The molecule has 0 saturated carbocycles. The summed E-state index contributed by atoms with van der Waals surface area (Å²) >= 11 is 0. The third kappa shape index (κ3) is 6.43. The number of allylic oxidation sites excluding steroid dienone is 3. The number of rotatable bonds is 7. The standard InChI is InChI=1S/C19H18FN3O2/c1-14(20)5-6-15(11-17-7-8-19(24)23-22-17)9-10-25-18-4-2-3-16(12-18)13-21/h2-9,12,14H,10-11H2,1H3,(H,23,24)/b6-5-,15-9+. The molecule has 6 heteroatoms. The summed E-state index contributed by atoms with van der Waals surface area (Å²) in [6, 6.07) is 11.9. The van der Waals surface area contributed by atoms with Crippen LogP contribution >= 0.6 is 0 Å². The van der Waals surface area contributed by atoms with E-state index in [0.29, 0.717) is 23.4 Å². The summed E-state index contributed by atoms with van der Waals surface area (Å²) in [6.07, 6.45) is 4.28. The van der Waals surface area contributed by atoms with Gasteiger partial charge in [-0.25, -0.2) is 9.49 Å². The number of nitrogens with one attached hydrogen (secondary N) is 1. The highest BCUT2D eigenvalue weighted by molar-refractivity contribution is 5.36. The summed E-state index contributed by atoms with van der Waals surface area (Å²) in [4.78, 5) is 11.1. The van der Waals surface area contributed by atoms with Gasteiger partial charge in [0.25, 0.3) is 5.56 Å². The first-order valence-electron chi connectivity index (χ1n) is 7.75. The van der Waals surface area contributed by atoms with Crippen molar-refractivity contribution in [3.8, 4) is 11.8 Å². The van der Waals surface area contributed by atoms with Crippen LogP contribution in [0, 0.1) is 11.3 Å². The Balaban J connectivity index is 2.08. The summed E-state index contributed by atoms with van der Waals surface area (Å²) in [6.45, 7) is 1.70. The molecule has 0 spiro atoms. The number of aromatic nitrogens is 2. The number of nitriles is 1. The lowest BCUT2D eigenvalue weighted by atomic mass is 10.1. The number of nitrogens with zero attached hydrogens (tertiary/aromatic N) is 2. The number of halogens is 1. The smallest absolute Gasteiger partial charge is 0.264 e. The minimum absolute atomic E-state index is 0.262. The Hall–Kier alpha value is -3.20. The maximum atomic E-state index is 13.1. The Labute approximate surface area is 145 Å². The van der Waals surface area contributed by atoms with Crippen LogP contribution in [0.15, 0.2) is 65.0 Å². The van der Waals surface area contributed by atoms with E-state index in [0.717, 1.165) is 5.57 Å². The highest BCUT2D eigenvalue weighted by Crippen LogP contribution is 2.13. The Morgan fingerprint density at radius 1 is 1.44 bits per heavy atom. The van der Waals surface area contributed by atoms with Gasteiger partial charge >= 0.3 is 0 Å². The number of alkyl halides is 1. The Kier molecular flexibility index (Phi) is 6.66. The molecule has 0 bridgehead atoms. The fourth-order valence-electron chi connectivity index (χ4n) is 2.04. The van der Waals surface area contributed by atoms with Gasteiger partial charge < -0.3 is 4.74 Å². The average molecular weight is 339 g/mol. The Bertz CT molecular complexity index is 843. The van der Waals surface area contributed by atoms with E-state index in [1.807, 2.05) is 6.08 Å². The lowest BCUT2D eigenvalue weighted by Crippen LogP contribution is -2.08. The number of hydrogen-bond donors (Lipinski definition) is 1. The van der Waals surface area contributed by atoms with E-state index < -0.39 is 6.17 Å².